The summed E-state index contributed by atoms with van der Waals surface area (Å²) in [5, 5.41) is 13.0. The van der Waals surface area contributed by atoms with E-state index in [9.17, 15) is 19.3 Å². The normalized spacial score (nSPS) is 10.1. The number of carbonyl (C=O) groups is 1. The molecule has 0 aliphatic heterocycles. The Morgan fingerprint density at radius 3 is 2.75 bits per heavy atom. The minimum Gasteiger partial charge on any atom is -0.319 e. The average Bonchev–Trinajstić information content (AvgIpc) is 2.40. The highest BCUT2D eigenvalue weighted by molar-refractivity contribution is 6.32. The summed E-state index contributed by atoms with van der Waals surface area (Å²) in [7, 11) is 0. The van der Waals surface area contributed by atoms with Crippen LogP contribution >= 0.6 is 11.6 Å². The first-order valence-corrected chi connectivity index (χ1v) is 5.72. The van der Waals surface area contributed by atoms with Crippen molar-refractivity contribution >= 4 is 28.9 Å². The van der Waals surface area contributed by atoms with Crippen LogP contribution in [-0.4, -0.2) is 15.8 Å². The third-order valence-electron chi connectivity index (χ3n) is 2.41. The SMILES string of the molecule is O=C(Nc1cccnc1Cl)c1ccc([N+](=O)[O-])c(F)c1. The first-order valence-electron chi connectivity index (χ1n) is 5.35. The first-order chi connectivity index (χ1) is 9.49. The van der Waals surface area contributed by atoms with Crippen molar-refractivity contribution in [2.45, 2.75) is 0 Å². The topological polar surface area (TPSA) is 85.1 Å². The fourth-order valence-corrected chi connectivity index (χ4v) is 1.64. The Labute approximate surface area is 117 Å². The van der Waals surface area contributed by atoms with Gasteiger partial charge in [0.1, 0.15) is 0 Å². The molecular formula is C12H7ClFN3O3. The predicted molar refractivity (Wildman–Crippen MR) is 70.3 cm³/mol. The summed E-state index contributed by atoms with van der Waals surface area (Å²) >= 11 is 5.76. The van der Waals surface area contributed by atoms with Crippen LogP contribution in [0.4, 0.5) is 15.8 Å². The average molecular weight is 296 g/mol. The molecule has 20 heavy (non-hydrogen) atoms. The molecule has 6 nitrogen and oxygen atoms in total. The molecular weight excluding hydrogens is 289 g/mol. The first kappa shape index (κ1) is 13.9. The fourth-order valence-electron chi connectivity index (χ4n) is 1.47. The summed E-state index contributed by atoms with van der Waals surface area (Å²) in [5.41, 5.74) is -0.494. The van der Waals surface area contributed by atoms with Crippen LogP contribution < -0.4 is 5.32 Å². The highest BCUT2D eigenvalue weighted by atomic mass is 35.5. The zero-order chi connectivity index (χ0) is 14.7. The maximum atomic E-state index is 13.4. The Morgan fingerprint density at radius 1 is 1.40 bits per heavy atom. The van der Waals surface area contributed by atoms with Crippen LogP contribution in [0, 0.1) is 15.9 Å². The van der Waals surface area contributed by atoms with Crippen LogP contribution in [0.5, 0.6) is 0 Å². The number of nitrogens with one attached hydrogen (secondary N) is 1. The van der Waals surface area contributed by atoms with Gasteiger partial charge in [-0.15, -0.1) is 0 Å². The number of nitro groups is 1. The molecule has 0 saturated heterocycles. The van der Waals surface area contributed by atoms with E-state index >= 15 is 0 Å². The fraction of sp³-hybridized carbons (Fsp3) is 0. The quantitative estimate of drug-likeness (QED) is 0.536. The van der Waals surface area contributed by atoms with Gasteiger partial charge in [-0.1, -0.05) is 11.6 Å². The van der Waals surface area contributed by atoms with Gasteiger partial charge in [-0.05, 0) is 24.3 Å². The number of rotatable bonds is 3. The van der Waals surface area contributed by atoms with Gasteiger partial charge in [-0.25, -0.2) is 4.98 Å². The van der Waals surface area contributed by atoms with Crippen molar-refractivity contribution < 1.29 is 14.1 Å². The van der Waals surface area contributed by atoms with Crippen LogP contribution in [0.25, 0.3) is 0 Å². The smallest absolute Gasteiger partial charge is 0.304 e. The number of aromatic nitrogens is 1. The lowest BCUT2D eigenvalue weighted by Crippen LogP contribution is -2.13. The second-order valence-corrected chi connectivity index (χ2v) is 4.08. The van der Waals surface area contributed by atoms with Gasteiger partial charge in [-0.2, -0.15) is 4.39 Å². The molecule has 1 amide bonds. The van der Waals surface area contributed by atoms with Gasteiger partial charge in [-0.3, -0.25) is 14.9 Å². The lowest BCUT2D eigenvalue weighted by atomic mass is 10.2. The Bertz CT molecular complexity index is 693. The molecule has 0 aliphatic carbocycles. The summed E-state index contributed by atoms with van der Waals surface area (Å²) in [6.45, 7) is 0. The highest BCUT2D eigenvalue weighted by Crippen LogP contribution is 2.21. The Morgan fingerprint density at radius 2 is 2.15 bits per heavy atom. The molecule has 0 fully saturated rings. The van der Waals surface area contributed by atoms with E-state index in [-0.39, 0.29) is 16.4 Å². The zero-order valence-electron chi connectivity index (χ0n) is 9.84. The molecule has 0 atom stereocenters. The molecule has 102 valence electrons. The van der Waals surface area contributed by atoms with Crippen LogP contribution in [0.2, 0.25) is 5.15 Å². The second-order valence-electron chi connectivity index (χ2n) is 3.72. The molecule has 2 rings (SSSR count). The Hall–Kier alpha value is -2.54. The minimum atomic E-state index is -1.08. The largest absolute Gasteiger partial charge is 0.319 e. The van der Waals surface area contributed by atoms with E-state index in [2.05, 4.69) is 10.3 Å². The number of nitro benzene ring substituents is 1. The van der Waals surface area contributed by atoms with Crippen molar-refractivity contribution in [2.24, 2.45) is 0 Å². The van der Waals surface area contributed by atoms with E-state index < -0.39 is 22.3 Å². The van der Waals surface area contributed by atoms with E-state index in [0.29, 0.717) is 0 Å². The van der Waals surface area contributed by atoms with E-state index in [1.54, 1.807) is 6.07 Å². The predicted octanol–water partition coefficient (Wildman–Crippen LogP) is 3.03. The van der Waals surface area contributed by atoms with Crippen LogP contribution in [0.3, 0.4) is 0 Å². The van der Waals surface area contributed by atoms with Gasteiger partial charge in [0.2, 0.25) is 5.82 Å². The maximum absolute atomic E-state index is 13.4. The summed E-state index contributed by atoms with van der Waals surface area (Å²) in [6.07, 6.45) is 1.45. The number of carbonyl (C=O) groups excluding carboxylic acids is 1. The van der Waals surface area contributed by atoms with E-state index in [0.717, 1.165) is 18.2 Å². The molecule has 1 aromatic carbocycles. The lowest BCUT2D eigenvalue weighted by Gasteiger charge is -2.06. The maximum Gasteiger partial charge on any atom is 0.304 e. The van der Waals surface area contributed by atoms with E-state index in [1.165, 1.54) is 12.3 Å². The molecule has 1 aromatic heterocycles. The third kappa shape index (κ3) is 2.89. The number of amides is 1. The minimum absolute atomic E-state index is 0.0620. The molecule has 0 radical (unpaired) electrons. The molecule has 0 spiro atoms. The standard InChI is InChI=1S/C12H7ClFN3O3/c13-11-9(2-1-5-15-11)16-12(18)7-3-4-10(17(19)20)8(14)6-7/h1-6H,(H,16,18). The van der Waals surface area contributed by atoms with Crippen molar-refractivity contribution in [3.8, 4) is 0 Å². The summed E-state index contributed by atoms with van der Waals surface area (Å²) in [4.78, 5) is 25.2. The molecule has 0 aliphatic rings. The van der Waals surface area contributed by atoms with Crippen LogP contribution in [0.15, 0.2) is 36.5 Å². The number of hydrogen-bond acceptors (Lipinski definition) is 4. The molecule has 1 N–H and O–H groups in total. The summed E-state index contributed by atoms with van der Waals surface area (Å²) in [6, 6.07) is 5.96. The zero-order valence-corrected chi connectivity index (χ0v) is 10.6. The van der Waals surface area contributed by atoms with Crippen molar-refractivity contribution in [3.05, 3.63) is 63.2 Å². The highest BCUT2D eigenvalue weighted by Gasteiger charge is 2.17. The van der Waals surface area contributed by atoms with Gasteiger partial charge in [0, 0.05) is 17.8 Å². The van der Waals surface area contributed by atoms with Crippen molar-refractivity contribution in [3.63, 3.8) is 0 Å². The van der Waals surface area contributed by atoms with Gasteiger partial charge in [0.25, 0.3) is 5.91 Å². The second kappa shape index (κ2) is 5.62. The summed E-state index contributed by atoms with van der Waals surface area (Å²) < 4.78 is 13.4. The molecule has 2 aromatic rings. The third-order valence-corrected chi connectivity index (χ3v) is 2.72. The lowest BCUT2D eigenvalue weighted by molar-refractivity contribution is -0.387. The Balaban J connectivity index is 2.24. The molecule has 0 unspecified atom stereocenters. The molecule has 0 saturated carbocycles. The molecule has 0 bridgehead atoms. The number of halogens is 2. The van der Waals surface area contributed by atoms with Gasteiger partial charge >= 0.3 is 5.69 Å². The van der Waals surface area contributed by atoms with Gasteiger partial charge in [0.15, 0.2) is 5.15 Å². The number of nitrogens with zero attached hydrogens (tertiary/aromatic N) is 2. The van der Waals surface area contributed by atoms with Gasteiger partial charge < -0.3 is 5.32 Å². The van der Waals surface area contributed by atoms with E-state index in [1.807, 2.05) is 0 Å². The number of anilines is 1. The Kier molecular flexibility index (Phi) is 3.90. The van der Waals surface area contributed by atoms with Crippen LogP contribution in [0.1, 0.15) is 10.4 Å². The van der Waals surface area contributed by atoms with Crippen LogP contribution in [-0.2, 0) is 0 Å². The van der Waals surface area contributed by atoms with Gasteiger partial charge in [0.05, 0.1) is 10.6 Å². The van der Waals surface area contributed by atoms with Crippen molar-refractivity contribution in [1.29, 1.82) is 0 Å². The molecule has 8 heteroatoms. The van der Waals surface area contributed by atoms with E-state index in [4.69, 9.17) is 11.6 Å². The number of benzene rings is 1. The number of hydrogen-bond donors (Lipinski definition) is 1. The molecule has 1 heterocycles. The number of pyridine rings is 1. The monoisotopic (exact) mass is 295 g/mol. The van der Waals surface area contributed by atoms with Crippen molar-refractivity contribution in [1.82, 2.24) is 4.98 Å². The van der Waals surface area contributed by atoms with Crippen molar-refractivity contribution in [2.75, 3.05) is 5.32 Å². The summed E-state index contributed by atoms with van der Waals surface area (Å²) in [5.74, 6) is -1.73.